The molecule has 2 heterocycles. The van der Waals surface area contributed by atoms with Gasteiger partial charge in [-0.2, -0.15) is 0 Å². The first-order valence-corrected chi connectivity index (χ1v) is 6.61. The van der Waals surface area contributed by atoms with Gasteiger partial charge in [0.25, 0.3) is 0 Å². The van der Waals surface area contributed by atoms with Crippen LogP contribution in [0, 0.1) is 5.92 Å². The standard InChI is InChI=1S/C12H21ClN4/c1-9-4-3-5-17(10(9)6-14)8-12-15-7-11(13)16(12)2/h7,9-10H,3-6,8,14H2,1-2H3. The van der Waals surface area contributed by atoms with Crippen LogP contribution in [0.3, 0.4) is 0 Å². The summed E-state index contributed by atoms with van der Waals surface area (Å²) in [5.41, 5.74) is 5.89. The number of aromatic nitrogens is 2. The summed E-state index contributed by atoms with van der Waals surface area (Å²) in [4.78, 5) is 6.79. The minimum atomic E-state index is 0.472. The molecule has 2 N–H and O–H groups in total. The zero-order chi connectivity index (χ0) is 12.4. The van der Waals surface area contributed by atoms with Crippen LogP contribution in [0.1, 0.15) is 25.6 Å². The number of halogens is 1. The summed E-state index contributed by atoms with van der Waals surface area (Å²) < 4.78 is 1.94. The van der Waals surface area contributed by atoms with Crippen molar-refractivity contribution in [2.24, 2.45) is 18.7 Å². The summed E-state index contributed by atoms with van der Waals surface area (Å²) >= 11 is 6.00. The average molecular weight is 257 g/mol. The van der Waals surface area contributed by atoms with Crippen molar-refractivity contribution in [3.8, 4) is 0 Å². The summed E-state index contributed by atoms with van der Waals surface area (Å²) in [6, 6.07) is 0.472. The van der Waals surface area contributed by atoms with Crippen molar-refractivity contribution in [2.45, 2.75) is 32.4 Å². The van der Waals surface area contributed by atoms with Crippen molar-refractivity contribution >= 4 is 11.6 Å². The van der Waals surface area contributed by atoms with Gasteiger partial charge in [-0.1, -0.05) is 18.5 Å². The molecule has 0 bridgehead atoms. The number of piperidine rings is 1. The number of hydrogen-bond acceptors (Lipinski definition) is 3. The first kappa shape index (κ1) is 12.9. The summed E-state index contributed by atoms with van der Waals surface area (Å²) in [7, 11) is 1.95. The van der Waals surface area contributed by atoms with Crippen molar-refractivity contribution in [1.82, 2.24) is 14.5 Å². The van der Waals surface area contributed by atoms with E-state index in [0.29, 0.717) is 17.1 Å². The molecule has 2 atom stereocenters. The fourth-order valence-corrected chi connectivity index (χ4v) is 2.81. The molecule has 17 heavy (non-hydrogen) atoms. The van der Waals surface area contributed by atoms with E-state index in [1.165, 1.54) is 12.8 Å². The van der Waals surface area contributed by atoms with Crippen LogP contribution in [0.5, 0.6) is 0 Å². The minimum Gasteiger partial charge on any atom is -0.329 e. The Kier molecular flexibility index (Phi) is 4.07. The summed E-state index contributed by atoms with van der Waals surface area (Å²) in [6.07, 6.45) is 4.23. The average Bonchev–Trinajstić information content (AvgIpc) is 2.61. The highest BCUT2D eigenvalue weighted by Gasteiger charge is 2.28. The fraction of sp³-hybridized carbons (Fsp3) is 0.750. The molecule has 96 valence electrons. The maximum absolute atomic E-state index is 6.00. The molecule has 1 saturated heterocycles. The van der Waals surface area contributed by atoms with Crippen molar-refractivity contribution < 1.29 is 0 Å². The summed E-state index contributed by atoms with van der Waals surface area (Å²) in [5, 5.41) is 0.689. The Morgan fingerprint density at radius 1 is 1.59 bits per heavy atom. The highest BCUT2D eigenvalue weighted by atomic mass is 35.5. The quantitative estimate of drug-likeness (QED) is 0.894. The zero-order valence-corrected chi connectivity index (χ0v) is 11.3. The van der Waals surface area contributed by atoms with E-state index in [0.717, 1.165) is 25.5 Å². The normalized spacial score (nSPS) is 26.4. The summed E-state index contributed by atoms with van der Waals surface area (Å²) in [5.74, 6) is 1.69. The van der Waals surface area contributed by atoms with E-state index in [4.69, 9.17) is 17.3 Å². The molecule has 0 amide bonds. The lowest BCUT2D eigenvalue weighted by Gasteiger charge is -2.39. The number of likely N-dealkylation sites (tertiary alicyclic amines) is 1. The second-order valence-corrected chi connectivity index (χ2v) is 5.34. The van der Waals surface area contributed by atoms with Crippen molar-refractivity contribution in [1.29, 1.82) is 0 Å². The number of rotatable bonds is 3. The lowest BCUT2D eigenvalue weighted by atomic mass is 9.91. The molecule has 2 rings (SSSR count). The first-order chi connectivity index (χ1) is 8.13. The Labute approximate surface area is 108 Å². The molecule has 4 nitrogen and oxygen atoms in total. The topological polar surface area (TPSA) is 47.1 Å². The highest BCUT2D eigenvalue weighted by molar-refractivity contribution is 6.29. The molecule has 1 aromatic heterocycles. The van der Waals surface area contributed by atoms with E-state index in [1.54, 1.807) is 6.20 Å². The van der Waals surface area contributed by atoms with Crippen molar-refractivity contribution in [3.63, 3.8) is 0 Å². The predicted octanol–water partition coefficient (Wildman–Crippen LogP) is 1.63. The van der Waals surface area contributed by atoms with E-state index in [9.17, 15) is 0 Å². The van der Waals surface area contributed by atoms with Gasteiger partial charge in [0, 0.05) is 19.6 Å². The SMILES string of the molecule is CC1CCCN(Cc2ncc(Cl)n2C)C1CN. The predicted molar refractivity (Wildman–Crippen MR) is 69.9 cm³/mol. The van der Waals surface area contributed by atoms with Crippen LogP contribution in [-0.2, 0) is 13.6 Å². The molecule has 0 aliphatic carbocycles. The van der Waals surface area contributed by atoms with Crippen LogP contribution in [0.15, 0.2) is 6.20 Å². The Morgan fingerprint density at radius 2 is 2.35 bits per heavy atom. The molecule has 0 aromatic carbocycles. The van der Waals surface area contributed by atoms with Crippen LogP contribution in [-0.4, -0.2) is 33.6 Å². The minimum absolute atomic E-state index is 0.472. The highest BCUT2D eigenvalue weighted by Crippen LogP contribution is 2.24. The molecule has 1 aliphatic rings. The van der Waals surface area contributed by atoms with Crippen LogP contribution >= 0.6 is 11.6 Å². The van der Waals surface area contributed by atoms with Gasteiger partial charge < -0.3 is 10.3 Å². The van der Waals surface area contributed by atoms with E-state index < -0.39 is 0 Å². The van der Waals surface area contributed by atoms with Gasteiger partial charge in [-0.15, -0.1) is 0 Å². The van der Waals surface area contributed by atoms with Gasteiger partial charge in [0.1, 0.15) is 11.0 Å². The molecular weight excluding hydrogens is 236 g/mol. The van der Waals surface area contributed by atoms with Gasteiger partial charge in [0.15, 0.2) is 0 Å². The molecule has 1 fully saturated rings. The van der Waals surface area contributed by atoms with Crippen molar-refractivity contribution in [2.75, 3.05) is 13.1 Å². The molecule has 5 heteroatoms. The monoisotopic (exact) mass is 256 g/mol. The fourth-order valence-electron chi connectivity index (χ4n) is 2.66. The van der Waals surface area contributed by atoms with E-state index >= 15 is 0 Å². The number of nitrogens with zero attached hydrogens (tertiary/aromatic N) is 3. The lowest BCUT2D eigenvalue weighted by molar-refractivity contribution is 0.0955. The molecule has 0 saturated carbocycles. The second-order valence-electron chi connectivity index (χ2n) is 4.95. The van der Waals surface area contributed by atoms with Gasteiger partial charge in [0.2, 0.25) is 0 Å². The number of hydrogen-bond donors (Lipinski definition) is 1. The van der Waals surface area contributed by atoms with Crippen molar-refractivity contribution in [3.05, 3.63) is 17.2 Å². The largest absolute Gasteiger partial charge is 0.329 e. The van der Waals surface area contributed by atoms with Crippen LogP contribution in [0.25, 0.3) is 0 Å². The third kappa shape index (κ3) is 2.64. The van der Waals surface area contributed by atoms with Crippen LogP contribution in [0.4, 0.5) is 0 Å². The lowest BCUT2D eigenvalue weighted by Crippen LogP contribution is -2.48. The van der Waals surface area contributed by atoms with E-state index in [-0.39, 0.29) is 0 Å². The molecule has 0 spiro atoms. The van der Waals surface area contributed by atoms with Gasteiger partial charge in [-0.25, -0.2) is 4.98 Å². The number of nitrogens with two attached hydrogens (primary N) is 1. The molecule has 1 aromatic rings. The van der Waals surface area contributed by atoms with Gasteiger partial charge in [-0.3, -0.25) is 4.90 Å². The van der Waals surface area contributed by atoms with E-state index in [2.05, 4.69) is 16.8 Å². The summed E-state index contributed by atoms with van der Waals surface area (Å²) in [6.45, 7) is 4.96. The van der Waals surface area contributed by atoms with Gasteiger partial charge in [-0.05, 0) is 25.3 Å². The molecule has 0 radical (unpaired) electrons. The Hall–Kier alpha value is -0.580. The van der Waals surface area contributed by atoms with E-state index in [1.807, 2.05) is 11.6 Å². The van der Waals surface area contributed by atoms with Crippen LogP contribution in [0.2, 0.25) is 5.15 Å². The molecule has 1 aliphatic heterocycles. The second kappa shape index (κ2) is 5.38. The smallest absolute Gasteiger partial charge is 0.128 e. The van der Waals surface area contributed by atoms with Gasteiger partial charge >= 0.3 is 0 Å². The number of imidazole rings is 1. The zero-order valence-electron chi connectivity index (χ0n) is 10.6. The third-order valence-corrected chi connectivity index (χ3v) is 4.20. The Morgan fingerprint density at radius 3 is 2.94 bits per heavy atom. The molecule has 2 unspecified atom stereocenters. The Bertz CT molecular complexity index is 377. The Balaban J connectivity index is 2.09. The maximum Gasteiger partial charge on any atom is 0.128 e. The maximum atomic E-state index is 6.00. The first-order valence-electron chi connectivity index (χ1n) is 6.23. The molecular formula is C12H21ClN4. The van der Waals surface area contributed by atoms with Gasteiger partial charge in [0.05, 0.1) is 12.7 Å². The van der Waals surface area contributed by atoms with Crippen LogP contribution < -0.4 is 5.73 Å². The third-order valence-electron chi connectivity index (χ3n) is 3.84.